The third-order valence-corrected chi connectivity index (χ3v) is 12.9. The predicted octanol–water partition coefficient (Wildman–Crippen LogP) is 4.44. The summed E-state index contributed by atoms with van der Waals surface area (Å²) in [6.45, 7) is 11.3. The zero-order valence-corrected chi connectivity index (χ0v) is 25.7. The molecule has 234 valence electrons. The Labute approximate surface area is 248 Å². The largest absolute Gasteiger partial charge is 0.464 e. The summed E-state index contributed by atoms with van der Waals surface area (Å²) in [5.41, 5.74) is -0.492. The van der Waals surface area contributed by atoms with Gasteiger partial charge in [0.25, 0.3) is 6.47 Å². The SMILES string of the molecule is CC1OC(OC2CCC3(C)C(CCC4C3CCC3(C)C(C5=CC(=O)OC5)C(OC=O)CC43O)C2)CC2OC(C)(C)OC12. The second-order valence-corrected chi connectivity index (χ2v) is 15.3. The second-order valence-electron chi connectivity index (χ2n) is 15.3. The van der Waals surface area contributed by atoms with Crippen LogP contribution in [0.4, 0.5) is 0 Å². The Morgan fingerprint density at radius 3 is 2.57 bits per heavy atom. The molecule has 0 spiro atoms. The van der Waals surface area contributed by atoms with Crippen LogP contribution in [0.2, 0.25) is 0 Å². The molecule has 1 N–H and O–H groups in total. The summed E-state index contributed by atoms with van der Waals surface area (Å²) in [6, 6.07) is 0. The van der Waals surface area contributed by atoms with Crippen molar-refractivity contribution in [1.82, 2.24) is 0 Å². The Bertz CT molecular complexity index is 1140. The molecule has 42 heavy (non-hydrogen) atoms. The molecule has 0 aromatic carbocycles. The minimum absolute atomic E-state index is 0.0118. The molecule has 9 heteroatoms. The number of hydrogen-bond acceptors (Lipinski definition) is 9. The Hall–Kier alpha value is -1.52. The van der Waals surface area contributed by atoms with Crippen LogP contribution in [0.1, 0.15) is 92.4 Å². The van der Waals surface area contributed by atoms with Crippen LogP contribution in [0.5, 0.6) is 0 Å². The lowest BCUT2D eigenvalue weighted by Gasteiger charge is -2.63. The average molecular weight is 589 g/mol. The Morgan fingerprint density at radius 2 is 1.83 bits per heavy atom. The van der Waals surface area contributed by atoms with Gasteiger partial charge in [-0.1, -0.05) is 13.8 Å². The highest BCUT2D eigenvalue weighted by atomic mass is 16.8. The standard InChI is InChI=1S/C33H48O9/c1-18-29-24(41-30(2,3)42-29)14-27(39-18)40-21-8-10-31(4)20(13-21)6-7-23-22(31)9-11-32(5)28(19-12-26(35)37-16-19)25(38-17-34)15-33(23,32)36/h12,17-18,20-25,27-29,36H,6-11,13-16H2,1-5H3. The summed E-state index contributed by atoms with van der Waals surface area (Å²) in [7, 11) is 0. The van der Waals surface area contributed by atoms with E-state index in [-0.39, 0.29) is 60.5 Å². The molecule has 6 fully saturated rings. The zero-order chi connectivity index (χ0) is 29.7. The smallest absolute Gasteiger partial charge is 0.331 e. The van der Waals surface area contributed by atoms with E-state index in [0.717, 1.165) is 50.5 Å². The molecule has 3 heterocycles. The first kappa shape index (κ1) is 29.2. The van der Waals surface area contributed by atoms with Crippen molar-refractivity contribution in [3.8, 4) is 0 Å². The molecule has 13 atom stereocenters. The molecule has 4 saturated carbocycles. The number of carbonyl (C=O) groups excluding carboxylic acids is 2. The average Bonchev–Trinajstić information content (AvgIpc) is 3.54. The number of ether oxygens (including phenoxy) is 6. The number of carbonyl (C=O) groups is 2. The lowest BCUT2D eigenvalue weighted by atomic mass is 9.43. The molecule has 0 radical (unpaired) electrons. The molecular formula is C33H48O9. The molecule has 0 bridgehead atoms. The van der Waals surface area contributed by atoms with Gasteiger partial charge in [0.1, 0.15) is 18.8 Å². The monoisotopic (exact) mass is 588 g/mol. The summed E-state index contributed by atoms with van der Waals surface area (Å²) in [6.07, 6.45) is 8.79. The number of fused-ring (bicyclic) bond motifs is 6. The van der Waals surface area contributed by atoms with E-state index >= 15 is 0 Å². The topological polar surface area (TPSA) is 110 Å². The fraction of sp³-hybridized carbons (Fsp3) is 0.879. The van der Waals surface area contributed by atoms with Crippen LogP contribution in [-0.2, 0) is 38.0 Å². The van der Waals surface area contributed by atoms with Gasteiger partial charge in [0.05, 0.1) is 23.9 Å². The molecule has 7 aliphatic rings. The van der Waals surface area contributed by atoms with Crippen LogP contribution in [-0.4, -0.2) is 72.4 Å². The maximum atomic E-state index is 12.7. The highest BCUT2D eigenvalue weighted by Gasteiger charge is 2.71. The number of cyclic esters (lactones) is 1. The summed E-state index contributed by atoms with van der Waals surface area (Å²) < 4.78 is 36.0. The van der Waals surface area contributed by atoms with E-state index in [2.05, 4.69) is 13.8 Å². The van der Waals surface area contributed by atoms with Crippen LogP contribution in [0.15, 0.2) is 11.6 Å². The Morgan fingerprint density at radius 1 is 1.02 bits per heavy atom. The van der Waals surface area contributed by atoms with Crippen molar-refractivity contribution in [1.29, 1.82) is 0 Å². The Kier molecular flexibility index (Phi) is 6.95. The summed E-state index contributed by atoms with van der Waals surface area (Å²) in [5.74, 6) is -0.127. The minimum atomic E-state index is -0.970. The quantitative estimate of drug-likeness (QED) is 0.283. The van der Waals surface area contributed by atoms with Gasteiger partial charge in [0.15, 0.2) is 12.1 Å². The van der Waals surface area contributed by atoms with Crippen molar-refractivity contribution >= 4 is 12.4 Å². The van der Waals surface area contributed by atoms with Crippen LogP contribution >= 0.6 is 0 Å². The minimum Gasteiger partial charge on any atom is -0.464 e. The maximum absolute atomic E-state index is 12.7. The van der Waals surface area contributed by atoms with Crippen LogP contribution < -0.4 is 0 Å². The second kappa shape index (κ2) is 9.99. The molecule has 7 rings (SSSR count). The van der Waals surface area contributed by atoms with Crippen molar-refractivity contribution < 1.29 is 43.1 Å². The van der Waals surface area contributed by atoms with E-state index in [4.69, 9.17) is 28.4 Å². The van der Waals surface area contributed by atoms with Gasteiger partial charge < -0.3 is 33.5 Å². The fourth-order valence-electron chi connectivity index (χ4n) is 11.0. The van der Waals surface area contributed by atoms with Crippen LogP contribution in [0, 0.1) is 34.5 Å². The molecule has 4 aliphatic carbocycles. The van der Waals surface area contributed by atoms with Gasteiger partial charge in [-0.2, -0.15) is 0 Å². The highest BCUT2D eigenvalue weighted by molar-refractivity contribution is 5.85. The van der Waals surface area contributed by atoms with Crippen molar-refractivity contribution in [2.45, 2.75) is 141 Å². The van der Waals surface area contributed by atoms with Crippen LogP contribution in [0.25, 0.3) is 0 Å². The van der Waals surface area contributed by atoms with Crippen molar-refractivity contribution in [2.75, 3.05) is 6.61 Å². The number of hydrogen-bond donors (Lipinski definition) is 1. The molecule has 2 saturated heterocycles. The van der Waals surface area contributed by atoms with Gasteiger partial charge in [-0.05, 0) is 94.5 Å². The molecule has 13 unspecified atom stereocenters. The third kappa shape index (κ3) is 4.35. The molecule has 3 aliphatic heterocycles. The third-order valence-electron chi connectivity index (χ3n) is 12.9. The van der Waals surface area contributed by atoms with E-state index < -0.39 is 22.9 Å². The zero-order valence-electron chi connectivity index (χ0n) is 25.7. The highest BCUT2D eigenvalue weighted by Crippen LogP contribution is 2.70. The van der Waals surface area contributed by atoms with Gasteiger partial charge in [-0.25, -0.2) is 4.79 Å². The van der Waals surface area contributed by atoms with Crippen molar-refractivity contribution in [3.63, 3.8) is 0 Å². The van der Waals surface area contributed by atoms with E-state index in [1.165, 1.54) is 0 Å². The van der Waals surface area contributed by atoms with Crippen molar-refractivity contribution in [2.24, 2.45) is 34.5 Å². The number of esters is 1. The van der Waals surface area contributed by atoms with Crippen LogP contribution in [0.3, 0.4) is 0 Å². The summed E-state index contributed by atoms with van der Waals surface area (Å²) >= 11 is 0. The normalized spacial score (nSPS) is 52.8. The van der Waals surface area contributed by atoms with E-state index in [0.29, 0.717) is 31.1 Å². The first-order valence-corrected chi connectivity index (χ1v) is 16.2. The number of rotatable bonds is 5. The van der Waals surface area contributed by atoms with Gasteiger partial charge >= 0.3 is 5.97 Å². The first-order chi connectivity index (χ1) is 19.9. The molecule has 0 aromatic heterocycles. The predicted molar refractivity (Wildman–Crippen MR) is 150 cm³/mol. The molecule has 0 amide bonds. The van der Waals surface area contributed by atoms with E-state index in [9.17, 15) is 14.7 Å². The lowest BCUT2D eigenvalue weighted by molar-refractivity contribution is -0.257. The maximum Gasteiger partial charge on any atom is 0.331 e. The van der Waals surface area contributed by atoms with Gasteiger partial charge in [0, 0.05) is 30.3 Å². The fourth-order valence-corrected chi connectivity index (χ4v) is 11.0. The van der Waals surface area contributed by atoms with Gasteiger partial charge in [-0.3, -0.25) is 4.79 Å². The number of aliphatic hydroxyl groups is 1. The van der Waals surface area contributed by atoms with E-state index in [1.807, 2.05) is 20.8 Å². The summed E-state index contributed by atoms with van der Waals surface area (Å²) in [5, 5.41) is 12.7. The lowest BCUT2D eigenvalue weighted by Crippen LogP contribution is -2.62. The molecular weight excluding hydrogens is 540 g/mol. The van der Waals surface area contributed by atoms with E-state index in [1.54, 1.807) is 6.08 Å². The molecule has 0 aromatic rings. The first-order valence-electron chi connectivity index (χ1n) is 16.2. The molecule has 9 nitrogen and oxygen atoms in total. The van der Waals surface area contributed by atoms with Crippen molar-refractivity contribution in [3.05, 3.63) is 11.6 Å². The van der Waals surface area contributed by atoms with Gasteiger partial charge in [-0.15, -0.1) is 0 Å². The Balaban J connectivity index is 1.06. The summed E-state index contributed by atoms with van der Waals surface area (Å²) in [4.78, 5) is 23.5. The van der Waals surface area contributed by atoms with Gasteiger partial charge in [0.2, 0.25) is 0 Å².